The fourth-order valence-electron chi connectivity index (χ4n) is 1.70. The van der Waals surface area contributed by atoms with Crippen LogP contribution in [-0.4, -0.2) is 34.9 Å². The summed E-state index contributed by atoms with van der Waals surface area (Å²) >= 11 is 0. The number of nitrogens with two attached hydrogens (primary N) is 1. The summed E-state index contributed by atoms with van der Waals surface area (Å²) in [6.07, 6.45) is 5.43. The summed E-state index contributed by atoms with van der Waals surface area (Å²) in [5.41, 5.74) is 6.05. The van der Waals surface area contributed by atoms with E-state index in [-0.39, 0.29) is 18.6 Å². The second-order valence-corrected chi connectivity index (χ2v) is 3.91. The Morgan fingerprint density at radius 1 is 1.75 bits per heavy atom. The standard InChI is InChI=1S/C10H16N4O2/c11-8-4-13-14(6-8)7-10(15)12-5-9-2-1-3-16-9/h4,6,9H,1-3,5,7,11H2,(H,12,15)/t9-/m1/s1. The molecule has 3 N–H and O–H groups in total. The van der Waals surface area contributed by atoms with Gasteiger partial charge in [0.15, 0.2) is 0 Å². The molecule has 0 saturated carbocycles. The summed E-state index contributed by atoms with van der Waals surface area (Å²) in [7, 11) is 0. The molecular formula is C10H16N4O2. The van der Waals surface area contributed by atoms with Gasteiger partial charge >= 0.3 is 0 Å². The molecule has 0 aliphatic carbocycles. The molecule has 0 bridgehead atoms. The molecule has 0 radical (unpaired) electrons. The van der Waals surface area contributed by atoms with E-state index >= 15 is 0 Å². The van der Waals surface area contributed by atoms with Crippen molar-refractivity contribution < 1.29 is 9.53 Å². The van der Waals surface area contributed by atoms with E-state index in [2.05, 4.69) is 10.4 Å². The zero-order valence-electron chi connectivity index (χ0n) is 9.06. The van der Waals surface area contributed by atoms with Gasteiger partial charge in [0, 0.05) is 19.3 Å². The molecule has 0 unspecified atom stereocenters. The molecule has 0 spiro atoms. The van der Waals surface area contributed by atoms with Crippen LogP contribution in [-0.2, 0) is 16.1 Å². The number of aromatic nitrogens is 2. The fourth-order valence-corrected chi connectivity index (χ4v) is 1.70. The number of ether oxygens (including phenoxy) is 1. The smallest absolute Gasteiger partial charge is 0.241 e. The molecule has 6 heteroatoms. The van der Waals surface area contributed by atoms with Gasteiger partial charge in [-0.15, -0.1) is 0 Å². The summed E-state index contributed by atoms with van der Waals surface area (Å²) in [5.74, 6) is -0.0707. The molecule has 1 aromatic heterocycles. The average Bonchev–Trinajstić information content (AvgIpc) is 2.87. The third kappa shape index (κ3) is 2.96. The Bertz CT molecular complexity index is 357. The van der Waals surface area contributed by atoms with Gasteiger partial charge in [-0.2, -0.15) is 5.10 Å². The number of carbonyl (C=O) groups excluding carboxylic acids is 1. The normalized spacial score (nSPS) is 19.9. The maximum atomic E-state index is 11.5. The number of hydrogen-bond donors (Lipinski definition) is 2. The molecule has 2 rings (SSSR count). The van der Waals surface area contributed by atoms with Crippen LogP contribution in [0.3, 0.4) is 0 Å². The summed E-state index contributed by atoms with van der Waals surface area (Å²) in [6.45, 7) is 1.58. The second kappa shape index (κ2) is 4.98. The first-order valence-electron chi connectivity index (χ1n) is 5.40. The van der Waals surface area contributed by atoms with Gasteiger partial charge in [0.25, 0.3) is 0 Å². The number of nitrogen functional groups attached to an aromatic ring is 1. The van der Waals surface area contributed by atoms with Gasteiger partial charge in [-0.25, -0.2) is 0 Å². The zero-order chi connectivity index (χ0) is 11.4. The van der Waals surface area contributed by atoms with Gasteiger partial charge in [0.05, 0.1) is 18.0 Å². The minimum absolute atomic E-state index is 0.0707. The van der Waals surface area contributed by atoms with Crippen molar-refractivity contribution in [3.8, 4) is 0 Å². The summed E-state index contributed by atoms with van der Waals surface area (Å²) in [6, 6.07) is 0. The van der Waals surface area contributed by atoms with Crippen LogP contribution in [0.4, 0.5) is 5.69 Å². The van der Waals surface area contributed by atoms with E-state index in [0.717, 1.165) is 19.4 Å². The SMILES string of the molecule is Nc1cnn(CC(=O)NC[C@H]2CCCO2)c1. The van der Waals surface area contributed by atoms with Gasteiger partial charge in [-0.05, 0) is 12.8 Å². The Kier molecular flexibility index (Phi) is 3.40. The van der Waals surface area contributed by atoms with Crippen LogP contribution in [0.25, 0.3) is 0 Å². The third-order valence-corrected chi connectivity index (χ3v) is 2.51. The molecule has 1 aliphatic rings. The molecule has 6 nitrogen and oxygen atoms in total. The largest absolute Gasteiger partial charge is 0.396 e. The quantitative estimate of drug-likeness (QED) is 0.739. The molecule has 1 aliphatic heterocycles. The molecule has 1 saturated heterocycles. The van der Waals surface area contributed by atoms with Crippen molar-refractivity contribution >= 4 is 11.6 Å². The van der Waals surface area contributed by atoms with E-state index in [1.54, 1.807) is 6.20 Å². The van der Waals surface area contributed by atoms with Crippen molar-refractivity contribution in [2.75, 3.05) is 18.9 Å². The molecule has 0 aromatic carbocycles. The van der Waals surface area contributed by atoms with Gasteiger partial charge in [-0.1, -0.05) is 0 Å². The molecule has 1 amide bonds. The van der Waals surface area contributed by atoms with Crippen LogP contribution in [0.1, 0.15) is 12.8 Å². The first kappa shape index (κ1) is 10.9. The van der Waals surface area contributed by atoms with Crippen molar-refractivity contribution in [1.29, 1.82) is 0 Å². The fraction of sp³-hybridized carbons (Fsp3) is 0.600. The Labute approximate surface area is 93.8 Å². The summed E-state index contributed by atoms with van der Waals surface area (Å²) in [4.78, 5) is 11.5. The van der Waals surface area contributed by atoms with Crippen LogP contribution in [0.2, 0.25) is 0 Å². The highest BCUT2D eigenvalue weighted by Gasteiger charge is 2.16. The molecule has 16 heavy (non-hydrogen) atoms. The van der Waals surface area contributed by atoms with E-state index in [1.165, 1.54) is 10.9 Å². The van der Waals surface area contributed by atoms with Crippen molar-refractivity contribution in [2.45, 2.75) is 25.5 Å². The highest BCUT2D eigenvalue weighted by atomic mass is 16.5. The Hall–Kier alpha value is -1.56. The van der Waals surface area contributed by atoms with Crippen LogP contribution in [0.15, 0.2) is 12.4 Å². The monoisotopic (exact) mass is 224 g/mol. The van der Waals surface area contributed by atoms with E-state index in [0.29, 0.717) is 12.2 Å². The Morgan fingerprint density at radius 2 is 2.62 bits per heavy atom. The lowest BCUT2D eigenvalue weighted by Gasteiger charge is -2.10. The molecule has 88 valence electrons. The van der Waals surface area contributed by atoms with Crippen LogP contribution in [0.5, 0.6) is 0 Å². The van der Waals surface area contributed by atoms with Crippen LogP contribution < -0.4 is 11.1 Å². The third-order valence-electron chi connectivity index (χ3n) is 2.51. The van der Waals surface area contributed by atoms with E-state index in [1.807, 2.05) is 0 Å². The predicted molar refractivity (Wildman–Crippen MR) is 58.6 cm³/mol. The number of nitrogens with zero attached hydrogens (tertiary/aromatic N) is 2. The van der Waals surface area contributed by atoms with Gasteiger partial charge < -0.3 is 15.8 Å². The number of rotatable bonds is 4. The van der Waals surface area contributed by atoms with Crippen molar-refractivity contribution in [3.05, 3.63) is 12.4 Å². The zero-order valence-corrected chi connectivity index (χ0v) is 9.06. The second-order valence-electron chi connectivity index (χ2n) is 3.91. The topological polar surface area (TPSA) is 82.2 Å². The maximum absolute atomic E-state index is 11.5. The lowest BCUT2D eigenvalue weighted by Crippen LogP contribution is -2.34. The first-order valence-corrected chi connectivity index (χ1v) is 5.40. The molecule has 1 fully saturated rings. The minimum Gasteiger partial charge on any atom is -0.396 e. The number of hydrogen-bond acceptors (Lipinski definition) is 4. The van der Waals surface area contributed by atoms with Gasteiger partial charge in [0.2, 0.25) is 5.91 Å². The van der Waals surface area contributed by atoms with Gasteiger partial charge in [-0.3, -0.25) is 9.48 Å². The van der Waals surface area contributed by atoms with Crippen molar-refractivity contribution in [2.24, 2.45) is 0 Å². The van der Waals surface area contributed by atoms with Gasteiger partial charge in [0.1, 0.15) is 6.54 Å². The predicted octanol–water partition coefficient (Wildman–Crippen LogP) is -0.240. The van der Waals surface area contributed by atoms with E-state index < -0.39 is 0 Å². The lowest BCUT2D eigenvalue weighted by atomic mass is 10.2. The lowest BCUT2D eigenvalue weighted by molar-refractivity contribution is -0.122. The van der Waals surface area contributed by atoms with E-state index in [4.69, 9.17) is 10.5 Å². The van der Waals surface area contributed by atoms with Crippen LogP contribution >= 0.6 is 0 Å². The van der Waals surface area contributed by atoms with Crippen LogP contribution in [0, 0.1) is 0 Å². The van der Waals surface area contributed by atoms with Crippen molar-refractivity contribution in [1.82, 2.24) is 15.1 Å². The van der Waals surface area contributed by atoms with E-state index in [9.17, 15) is 4.79 Å². The molecular weight excluding hydrogens is 208 g/mol. The average molecular weight is 224 g/mol. The number of amides is 1. The Balaban J connectivity index is 1.71. The molecule has 2 heterocycles. The van der Waals surface area contributed by atoms with Crippen molar-refractivity contribution in [3.63, 3.8) is 0 Å². The number of anilines is 1. The summed E-state index contributed by atoms with van der Waals surface area (Å²) < 4.78 is 6.91. The summed E-state index contributed by atoms with van der Waals surface area (Å²) in [5, 5.41) is 6.75. The molecule has 1 atom stereocenters. The first-order chi connectivity index (χ1) is 7.74. The number of nitrogens with one attached hydrogen (secondary N) is 1. The number of carbonyl (C=O) groups is 1. The molecule has 1 aromatic rings. The minimum atomic E-state index is -0.0707. The Morgan fingerprint density at radius 3 is 3.25 bits per heavy atom. The maximum Gasteiger partial charge on any atom is 0.241 e. The highest BCUT2D eigenvalue weighted by molar-refractivity contribution is 5.75. The highest BCUT2D eigenvalue weighted by Crippen LogP contribution is 2.10.